The highest BCUT2D eigenvalue weighted by molar-refractivity contribution is 5.89. The minimum Gasteiger partial charge on any atom is -0.353 e. The minimum atomic E-state index is 0. The molecule has 3 heteroatoms. The van der Waals surface area contributed by atoms with Gasteiger partial charge in [0.05, 0.1) is 6.42 Å². The number of aromatic nitrogens is 1. The van der Waals surface area contributed by atoms with Crippen molar-refractivity contribution in [1.29, 1.82) is 0 Å². The van der Waals surface area contributed by atoms with Gasteiger partial charge in [0, 0.05) is 31.6 Å². The number of carbonyl (C=O) groups is 1. The van der Waals surface area contributed by atoms with Crippen LogP contribution in [-0.4, -0.2) is 16.5 Å². The summed E-state index contributed by atoms with van der Waals surface area (Å²) in [6, 6.07) is 18.8. The summed E-state index contributed by atoms with van der Waals surface area (Å²) < 4.78 is 2.08. The third-order valence-electron chi connectivity index (χ3n) is 4.45. The number of nitrogens with one attached hydrogen (secondary N) is 1. The first kappa shape index (κ1) is 16.3. The van der Waals surface area contributed by atoms with E-state index in [0.29, 0.717) is 6.42 Å². The summed E-state index contributed by atoms with van der Waals surface area (Å²) >= 11 is 0. The molecule has 0 spiro atoms. The van der Waals surface area contributed by atoms with Crippen LogP contribution in [0.2, 0.25) is 0 Å². The van der Waals surface area contributed by atoms with Crippen LogP contribution in [-0.2, 0) is 24.7 Å². The van der Waals surface area contributed by atoms with Gasteiger partial charge in [-0.05, 0) is 37.0 Å². The van der Waals surface area contributed by atoms with Gasteiger partial charge in [-0.1, -0.05) is 48.5 Å². The highest BCUT2D eigenvalue weighted by Gasteiger charge is 2.12. The standard InChI is InChI=1S/C21H24N2O.H2/c1-16(12-13-17-8-4-3-5-9-17)22-21(24)14-18-15-23(2)20-11-7-6-10-19(18)20;/h3-11,15-16H,12-14H2,1-2H3,(H,22,24);1H. The lowest BCUT2D eigenvalue weighted by molar-refractivity contribution is -0.121. The Morgan fingerprint density at radius 3 is 2.62 bits per heavy atom. The van der Waals surface area contributed by atoms with Crippen molar-refractivity contribution in [3.05, 3.63) is 71.9 Å². The van der Waals surface area contributed by atoms with E-state index >= 15 is 0 Å². The van der Waals surface area contributed by atoms with Crippen LogP contribution in [0, 0.1) is 0 Å². The largest absolute Gasteiger partial charge is 0.353 e. The van der Waals surface area contributed by atoms with Gasteiger partial charge in [0.25, 0.3) is 0 Å². The van der Waals surface area contributed by atoms with Crippen molar-refractivity contribution in [2.24, 2.45) is 7.05 Å². The summed E-state index contributed by atoms with van der Waals surface area (Å²) in [5.41, 5.74) is 3.56. The van der Waals surface area contributed by atoms with Gasteiger partial charge in [-0.15, -0.1) is 0 Å². The molecule has 0 bridgehead atoms. The Hall–Kier alpha value is -2.55. The fourth-order valence-electron chi connectivity index (χ4n) is 3.17. The fourth-order valence-corrected chi connectivity index (χ4v) is 3.17. The number of nitrogens with zero attached hydrogens (tertiary/aromatic N) is 1. The monoisotopic (exact) mass is 322 g/mol. The first-order chi connectivity index (χ1) is 11.6. The molecule has 3 aromatic rings. The van der Waals surface area contributed by atoms with E-state index in [9.17, 15) is 4.79 Å². The predicted molar refractivity (Wildman–Crippen MR) is 101 cm³/mol. The number of benzene rings is 2. The maximum atomic E-state index is 12.4. The summed E-state index contributed by atoms with van der Waals surface area (Å²) in [6.07, 6.45) is 4.41. The minimum absolute atomic E-state index is 0. The summed E-state index contributed by atoms with van der Waals surface area (Å²) in [7, 11) is 2.02. The first-order valence-electron chi connectivity index (χ1n) is 8.49. The Bertz CT molecular complexity index is 826. The number of rotatable bonds is 6. The number of amides is 1. The Morgan fingerprint density at radius 1 is 1.12 bits per heavy atom. The predicted octanol–water partition coefficient (Wildman–Crippen LogP) is 4.10. The van der Waals surface area contributed by atoms with E-state index in [2.05, 4.69) is 59.4 Å². The van der Waals surface area contributed by atoms with Crippen LogP contribution in [0.15, 0.2) is 60.8 Å². The molecule has 1 atom stereocenters. The SMILES string of the molecule is CC(CCc1ccccc1)NC(=O)Cc1cn(C)c2ccccc12.[HH]. The molecule has 0 aliphatic rings. The highest BCUT2D eigenvalue weighted by Crippen LogP contribution is 2.20. The lowest BCUT2D eigenvalue weighted by atomic mass is 10.1. The van der Waals surface area contributed by atoms with Crippen molar-refractivity contribution in [2.75, 3.05) is 0 Å². The normalized spacial score (nSPS) is 12.2. The molecule has 24 heavy (non-hydrogen) atoms. The number of aryl methyl sites for hydroxylation is 2. The molecule has 126 valence electrons. The molecule has 3 nitrogen and oxygen atoms in total. The molecule has 1 heterocycles. The number of hydrogen-bond donors (Lipinski definition) is 1. The van der Waals surface area contributed by atoms with Crippen LogP contribution < -0.4 is 5.32 Å². The molecule has 0 saturated carbocycles. The molecule has 1 unspecified atom stereocenters. The number of fused-ring (bicyclic) bond motifs is 1. The lowest BCUT2D eigenvalue weighted by Gasteiger charge is -2.13. The zero-order valence-corrected chi connectivity index (χ0v) is 14.3. The smallest absolute Gasteiger partial charge is 0.224 e. The van der Waals surface area contributed by atoms with Crippen LogP contribution >= 0.6 is 0 Å². The highest BCUT2D eigenvalue weighted by atomic mass is 16.1. The molecule has 0 saturated heterocycles. The van der Waals surface area contributed by atoms with Crippen LogP contribution in [0.3, 0.4) is 0 Å². The second kappa shape index (κ2) is 7.35. The van der Waals surface area contributed by atoms with Crippen LogP contribution in [0.1, 0.15) is 25.9 Å². The Balaban J connectivity index is 0.00000225. The molecule has 3 rings (SSSR count). The molecule has 0 fully saturated rings. The van der Waals surface area contributed by atoms with Crippen molar-refractivity contribution in [3.8, 4) is 0 Å². The summed E-state index contributed by atoms with van der Waals surface area (Å²) in [5, 5.41) is 4.28. The Morgan fingerprint density at radius 2 is 1.83 bits per heavy atom. The molecular weight excluding hydrogens is 296 g/mol. The molecule has 1 amide bonds. The maximum absolute atomic E-state index is 12.4. The average molecular weight is 322 g/mol. The van der Waals surface area contributed by atoms with Crippen molar-refractivity contribution in [1.82, 2.24) is 9.88 Å². The van der Waals surface area contributed by atoms with E-state index in [1.165, 1.54) is 5.56 Å². The Labute approximate surface area is 144 Å². The zero-order valence-electron chi connectivity index (χ0n) is 14.3. The van der Waals surface area contributed by atoms with Gasteiger partial charge in [0.1, 0.15) is 0 Å². The van der Waals surface area contributed by atoms with Crippen molar-refractivity contribution in [2.45, 2.75) is 32.2 Å². The summed E-state index contributed by atoms with van der Waals surface area (Å²) in [5.74, 6) is 0.0897. The molecule has 0 aliphatic heterocycles. The third-order valence-corrected chi connectivity index (χ3v) is 4.45. The van der Waals surface area contributed by atoms with E-state index in [4.69, 9.17) is 0 Å². The van der Waals surface area contributed by atoms with Gasteiger partial charge >= 0.3 is 0 Å². The molecule has 2 aromatic carbocycles. The second-order valence-electron chi connectivity index (χ2n) is 6.45. The molecule has 1 aromatic heterocycles. The van der Waals surface area contributed by atoms with Gasteiger partial charge in [0.15, 0.2) is 0 Å². The van der Waals surface area contributed by atoms with Crippen LogP contribution in [0.4, 0.5) is 0 Å². The van der Waals surface area contributed by atoms with E-state index in [-0.39, 0.29) is 13.4 Å². The topological polar surface area (TPSA) is 34.0 Å². The van der Waals surface area contributed by atoms with Gasteiger partial charge in [-0.3, -0.25) is 4.79 Å². The number of carbonyl (C=O) groups excluding carboxylic acids is 1. The first-order valence-corrected chi connectivity index (χ1v) is 8.49. The van der Waals surface area contributed by atoms with Gasteiger partial charge in [0.2, 0.25) is 5.91 Å². The second-order valence-corrected chi connectivity index (χ2v) is 6.45. The lowest BCUT2D eigenvalue weighted by Crippen LogP contribution is -2.34. The third kappa shape index (κ3) is 3.85. The Kier molecular flexibility index (Phi) is 4.99. The van der Waals surface area contributed by atoms with Gasteiger partial charge in [-0.25, -0.2) is 0 Å². The van der Waals surface area contributed by atoms with Gasteiger partial charge < -0.3 is 9.88 Å². The van der Waals surface area contributed by atoms with E-state index in [1.54, 1.807) is 0 Å². The van der Waals surface area contributed by atoms with E-state index in [1.807, 2.05) is 25.2 Å². The van der Waals surface area contributed by atoms with Crippen LogP contribution in [0.25, 0.3) is 10.9 Å². The van der Waals surface area contributed by atoms with Crippen molar-refractivity contribution >= 4 is 16.8 Å². The number of hydrogen-bond acceptors (Lipinski definition) is 1. The van der Waals surface area contributed by atoms with Crippen molar-refractivity contribution in [3.63, 3.8) is 0 Å². The number of para-hydroxylation sites is 1. The molecule has 0 aliphatic carbocycles. The van der Waals surface area contributed by atoms with E-state index < -0.39 is 0 Å². The van der Waals surface area contributed by atoms with E-state index in [0.717, 1.165) is 29.3 Å². The maximum Gasteiger partial charge on any atom is 0.224 e. The molecular formula is C21H26N2O. The summed E-state index contributed by atoms with van der Waals surface area (Å²) in [4.78, 5) is 12.4. The fraction of sp³-hybridized carbons (Fsp3) is 0.286. The quantitative estimate of drug-likeness (QED) is 0.728. The zero-order chi connectivity index (χ0) is 16.9. The summed E-state index contributed by atoms with van der Waals surface area (Å²) in [6.45, 7) is 2.07. The van der Waals surface area contributed by atoms with Crippen molar-refractivity contribution < 1.29 is 6.22 Å². The van der Waals surface area contributed by atoms with Gasteiger partial charge in [-0.2, -0.15) is 0 Å². The molecule has 0 radical (unpaired) electrons. The average Bonchev–Trinajstić information content (AvgIpc) is 2.90. The van der Waals surface area contributed by atoms with Crippen LogP contribution in [0.5, 0.6) is 0 Å². The molecule has 1 N–H and O–H groups in total.